The topological polar surface area (TPSA) is 94.8 Å². The second-order valence-electron chi connectivity index (χ2n) is 4.67. The summed E-state index contributed by atoms with van der Waals surface area (Å²) in [6.45, 7) is -0.499. The van der Waals surface area contributed by atoms with E-state index >= 15 is 0 Å². The number of ether oxygens (including phenoxy) is 2. The molecular weight excluding hydrogens is 394 g/mol. The number of rotatable bonds is 6. The van der Waals surface area contributed by atoms with Gasteiger partial charge < -0.3 is 19.2 Å². The van der Waals surface area contributed by atoms with Crippen molar-refractivity contribution in [2.24, 2.45) is 0 Å². The molecule has 0 bridgehead atoms. The monoisotopic (exact) mass is 407 g/mol. The molecule has 130 valence electrons. The van der Waals surface area contributed by atoms with Crippen molar-refractivity contribution < 1.29 is 28.3 Å². The molecule has 7 nitrogen and oxygen atoms in total. The van der Waals surface area contributed by atoms with E-state index < -0.39 is 24.5 Å². The molecule has 0 unspecified atom stereocenters. The smallest absolute Gasteiger partial charge is 0.339 e. The van der Waals surface area contributed by atoms with E-state index in [4.69, 9.17) is 9.15 Å². The van der Waals surface area contributed by atoms with Gasteiger partial charge in [-0.25, -0.2) is 9.59 Å². The van der Waals surface area contributed by atoms with Crippen molar-refractivity contribution in [2.75, 3.05) is 19.0 Å². The number of hydrogen-bond acceptors (Lipinski definition) is 6. The van der Waals surface area contributed by atoms with Crippen LogP contribution in [-0.4, -0.2) is 31.6 Å². The molecule has 8 heteroatoms. The Balaban J connectivity index is 1.87. The van der Waals surface area contributed by atoms with E-state index in [1.807, 2.05) is 0 Å². The van der Waals surface area contributed by atoms with Crippen LogP contribution < -0.4 is 5.32 Å². The molecule has 2 aromatic rings. The standard InChI is InChI=1S/C17H14BrNO6/c1-23-17(22)12-4-2-3-5-13(12)19-15(20)10-24-16(21)9-7-11-6-8-14(18)25-11/h2-9H,10H2,1H3,(H,19,20)/b9-7-. The van der Waals surface area contributed by atoms with Crippen molar-refractivity contribution in [3.8, 4) is 0 Å². The summed E-state index contributed by atoms with van der Waals surface area (Å²) in [5, 5.41) is 2.49. The van der Waals surface area contributed by atoms with Crippen molar-refractivity contribution >= 4 is 45.5 Å². The summed E-state index contributed by atoms with van der Waals surface area (Å²) in [5.74, 6) is -1.41. The second-order valence-corrected chi connectivity index (χ2v) is 5.45. The molecule has 0 saturated carbocycles. The Kier molecular flexibility index (Phi) is 6.53. The molecule has 0 spiro atoms. The number of carbonyl (C=O) groups is 3. The number of benzene rings is 1. The van der Waals surface area contributed by atoms with Gasteiger partial charge in [-0.1, -0.05) is 12.1 Å². The summed E-state index contributed by atoms with van der Waals surface area (Å²) < 4.78 is 15.2. The van der Waals surface area contributed by atoms with Gasteiger partial charge in [-0.3, -0.25) is 4.79 Å². The number of furan rings is 1. The van der Waals surface area contributed by atoms with Gasteiger partial charge >= 0.3 is 11.9 Å². The maximum Gasteiger partial charge on any atom is 0.339 e. The summed E-state index contributed by atoms with van der Waals surface area (Å²) >= 11 is 3.14. The zero-order valence-electron chi connectivity index (χ0n) is 13.2. The maximum atomic E-state index is 11.9. The third kappa shape index (κ3) is 5.61. The summed E-state index contributed by atoms with van der Waals surface area (Å²) in [6, 6.07) is 9.68. The van der Waals surface area contributed by atoms with E-state index in [0.29, 0.717) is 10.4 Å². The normalized spacial score (nSPS) is 10.5. The Morgan fingerprint density at radius 1 is 1.20 bits per heavy atom. The molecule has 2 rings (SSSR count). The average molecular weight is 408 g/mol. The maximum absolute atomic E-state index is 11.9. The highest BCUT2D eigenvalue weighted by molar-refractivity contribution is 9.10. The van der Waals surface area contributed by atoms with Gasteiger partial charge in [0.2, 0.25) is 0 Å². The molecular formula is C17H14BrNO6. The molecule has 1 aromatic heterocycles. The number of hydrogen-bond donors (Lipinski definition) is 1. The predicted molar refractivity (Wildman–Crippen MR) is 92.8 cm³/mol. The van der Waals surface area contributed by atoms with Crippen LogP contribution in [0.25, 0.3) is 6.08 Å². The first-order valence-electron chi connectivity index (χ1n) is 7.07. The van der Waals surface area contributed by atoms with Crippen LogP contribution in [0.1, 0.15) is 16.1 Å². The SMILES string of the molecule is COC(=O)c1ccccc1NC(=O)COC(=O)/C=C\c1ccc(Br)o1. The first-order chi connectivity index (χ1) is 12.0. The van der Waals surface area contributed by atoms with Crippen LogP contribution in [-0.2, 0) is 19.1 Å². The molecule has 1 aromatic carbocycles. The van der Waals surface area contributed by atoms with Crippen LogP contribution in [0.4, 0.5) is 5.69 Å². The number of amides is 1. The molecule has 1 amide bonds. The van der Waals surface area contributed by atoms with Gasteiger partial charge in [-0.05, 0) is 46.3 Å². The zero-order valence-corrected chi connectivity index (χ0v) is 14.7. The summed E-state index contributed by atoms with van der Waals surface area (Å²) in [6.07, 6.45) is 2.55. The number of halogens is 1. The third-order valence-electron chi connectivity index (χ3n) is 2.93. The Hall–Kier alpha value is -2.87. The Labute approximate surface area is 151 Å². The lowest BCUT2D eigenvalue weighted by atomic mass is 10.2. The molecule has 0 atom stereocenters. The van der Waals surface area contributed by atoms with E-state index in [-0.39, 0.29) is 11.3 Å². The van der Waals surface area contributed by atoms with Gasteiger partial charge in [-0.2, -0.15) is 0 Å². The predicted octanol–water partition coefficient (Wildman–Crippen LogP) is 3.02. The molecule has 25 heavy (non-hydrogen) atoms. The molecule has 0 aliphatic carbocycles. The summed E-state index contributed by atoms with van der Waals surface area (Å²) in [5.41, 5.74) is 0.472. The third-order valence-corrected chi connectivity index (χ3v) is 3.36. The van der Waals surface area contributed by atoms with Gasteiger partial charge in [0, 0.05) is 6.08 Å². The van der Waals surface area contributed by atoms with E-state index in [0.717, 1.165) is 6.08 Å². The molecule has 1 heterocycles. The highest BCUT2D eigenvalue weighted by Crippen LogP contribution is 2.16. The van der Waals surface area contributed by atoms with E-state index in [1.54, 1.807) is 30.3 Å². The molecule has 1 N–H and O–H groups in total. The molecule has 0 aliphatic heterocycles. The van der Waals surface area contributed by atoms with Crippen LogP contribution >= 0.6 is 15.9 Å². The van der Waals surface area contributed by atoms with Crippen molar-refractivity contribution in [3.63, 3.8) is 0 Å². The minimum Gasteiger partial charge on any atom is -0.465 e. The number of methoxy groups -OCH3 is 1. The van der Waals surface area contributed by atoms with Crippen LogP contribution in [0.15, 0.2) is 51.6 Å². The Bertz CT molecular complexity index is 811. The van der Waals surface area contributed by atoms with E-state index in [2.05, 4.69) is 26.0 Å². The Morgan fingerprint density at radius 2 is 1.96 bits per heavy atom. The lowest BCUT2D eigenvalue weighted by molar-refractivity contribution is -0.142. The van der Waals surface area contributed by atoms with E-state index in [9.17, 15) is 14.4 Å². The van der Waals surface area contributed by atoms with Gasteiger partial charge in [0.05, 0.1) is 18.4 Å². The highest BCUT2D eigenvalue weighted by Gasteiger charge is 2.13. The van der Waals surface area contributed by atoms with Gasteiger partial charge in [0.15, 0.2) is 11.3 Å². The van der Waals surface area contributed by atoms with Crippen molar-refractivity contribution in [3.05, 3.63) is 58.5 Å². The molecule has 0 fully saturated rings. The number of nitrogens with one attached hydrogen (secondary N) is 1. The first-order valence-corrected chi connectivity index (χ1v) is 7.86. The summed E-state index contributed by atoms with van der Waals surface area (Å²) in [4.78, 5) is 35.1. The molecule has 0 saturated heterocycles. The van der Waals surface area contributed by atoms with Gasteiger partial charge in [0.1, 0.15) is 5.76 Å². The highest BCUT2D eigenvalue weighted by atomic mass is 79.9. The fourth-order valence-electron chi connectivity index (χ4n) is 1.82. The lowest BCUT2D eigenvalue weighted by Crippen LogP contribution is -2.21. The van der Waals surface area contributed by atoms with Crippen LogP contribution in [0.5, 0.6) is 0 Å². The zero-order chi connectivity index (χ0) is 18.2. The number of carbonyl (C=O) groups excluding carboxylic acids is 3. The van der Waals surface area contributed by atoms with Gasteiger partial charge in [-0.15, -0.1) is 0 Å². The van der Waals surface area contributed by atoms with Crippen molar-refractivity contribution in [1.82, 2.24) is 0 Å². The second kappa shape index (κ2) is 8.84. The average Bonchev–Trinajstić information content (AvgIpc) is 3.03. The van der Waals surface area contributed by atoms with Crippen LogP contribution in [0.3, 0.4) is 0 Å². The van der Waals surface area contributed by atoms with E-state index in [1.165, 1.54) is 19.3 Å². The van der Waals surface area contributed by atoms with Crippen molar-refractivity contribution in [1.29, 1.82) is 0 Å². The fourth-order valence-corrected chi connectivity index (χ4v) is 2.14. The minimum absolute atomic E-state index is 0.202. The van der Waals surface area contributed by atoms with Crippen molar-refractivity contribution in [2.45, 2.75) is 0 Å². The first kappa shape index (κ1) is 18.5. The lowest BCUT2D eigenvalue weighted by Gasteiger charge is -2.09. The fraction of sp³-hybridized carbons (Fsp3) is 0.118. The molecule has 0 radical (unpaired) electrons. The largest absolute Gasteiger partial charge is 0.465 e. The number of esters is 2. The van der Waals surface area contributed by atoms with Crippen LogP contribution in [0, 0.1) is 0 Å². The Morgan fingerprint density at radius 3 is 2.64 bits per heavy atom. The quantitative estimate of drug-likeness (QED) is 0.583. The number of anilines is 1. The van der Waals surface area contributed by atoms with Crippen LogP contribution in [0.2, 0.25) is 0 Å². The summed E-state index contributed by atoms with van der Waals surface area (Å²) in [7, 11) is 1.24. The number of para-hydroxylation sites is 1. The van der Waals surface area contributed by atoms with Gasteiger partial charge in [0.25, 0.3) is 5.91 Å². The molecule has 0 aliphatic rings. The minimum atomic E-state index is -0.705.